The van der Waals surface area contributed by atoms with Gasteiger partial charge in [-0.1, -0.05) is 61.4 Å². The zero-order valence-electron chi connectivity index (χ0n) is 11.6. The van der Waals surface area contributed by atoms with E-state index in [4.69, 9.17) is 5.73 Å². The molecule has 0 bridgehead atoms. The van der Waals surface area contributed by atoms with E-state index in [-0.39, 0.29) is 17.3 Å². The summed E-state index contributed by atoms with van der Waals surface area (Å²) in [5.74, 6) is -0.192. The fraction of sp³-hybridized carbons (Fsp3) is 0.333. The normalized spacial score (nSPS) is 18.9. The van der Waals surface area contributed by atoms with Gasteiger partial charge in [-0.15, -0.1) is 0 Å². The number of rotatable bonds is 3. The quantitative estimate of drug-likeness (QED) is 0.881. The lowest BCUT2D eigenvalue weighted by molar-refractivity contribution is 0.348. The average molecular weight is 269 g/mol. The van der Waals surface area contributed by atoms with E-state index in [9.17, 15) is 4.39 Å². The molecule has 2 heteroatoms. The summed E-state index contributed by atoms with van der Waals surface area (Å²) in [4.78, 5) is 0. The Kier molecular flexibility index (Phi) is 3.58. The van der Waals surface area contributed by atoms with Gasteiger partial charge in [0.15, 0.2) is 0 Å². The fourth-order valence-corrected chi connectivity index (χ4v) is 3.58. The van der Waals surface area contributed by atoms with Crippen molar-refractivity contribution >= 4 is 0 Å². The van der Waals surface area contributed by atoms with Crippen molar-refractivity contribution in [2.75, 3.05) is 0 Å². The minimum atomic E-state index is -0.284. The molecule has 2 aromatic rings. The van der Waals surface area contributed by atoms with Crippen LogP contribution in [0.2, 0.25) is 0 Å². The molecule has 0 aliphatic heterocycles. The second kappa shape index (κ2) is 5.37. The summed E-state index contributed by atoms with van der Waals surface area (Å²) in [7, 11) is 0. The lowest BCUT2D eigenvalue weighted by Gasteiger charge is -2.36. The second-order valence-electron chi connectivity index (χ2n) is 5.73. The van der Waals surface area contributed by atoms with E-state index < -0.39 is 0 Å². The Morgan fingerprint density at radius 2 is 1.50 bits per heavy atom. The van der Waals surface area contributed by atoms with Gasteiger partial charge >= 0.3 is 0 Å². The molecule has 0 radical (unpaired) electrons. The van der Waals surface area contributed by atoms with Crippen molar-refractivity contribution in [3.8, 4) is 0 Å². The van der Waals surface area contributed by atoms with Gasteiger partial charge in [0, 0.05) is 17.0 Å². The Balaban J connectivity index is 2.06. The number of nitrogens with two attached hydrogens (primary N) is 1. The molecule has 0 spiro atoms. The fourth-order valence-electron chi connectivity index (χ4n) is 3.58. The highest BCUT2D eigenvalue weighted by Crippen LogP contribution is 2.48. The van der Waals surface area contributed by atoms with Gasteiger partial charge in [-0.2, -0.15) is 0 Å². The van der Waals surface area contributed by atoms with E-state index >= 15 is 0 Å². The Morgan fingerprint density at radius 3 is 2.15 bits per heavy atom. The van der Waals surface area contributed by atoms with Gasteiger partial charge in [0.25, 0.3) is 0 Å². The highest BCUT2D eigenvalue weighted by molar-refractivity contribution is 5.34. The second-order valence-corrected chi connectivity index (χ2v) is 5.73. The highest BCUT2D eigenvalue weighted by atomic mass is 19.1. The van der Waals surface area contributed by atoms with E-state index in [1.807, 2.05) is 30.3 Å². The van der Waals surface area contributed by atoms with E-state index in [0.717, 1.165) is 25.7 Å². The monoisotopic (exact) mass is 269 g/mol. The van der Waals surface area contributed by atoms with Crippen molar-refractivity contribution in [1.82, 2.24) is 0 Å². The maximum absolute atomic E-state index is 14.1. The van der Waals surface area contributed by atoms with Gasteiger partial charge < -0.3 is 5.73 Å². The molecule has 1 atom stereocenters. The third kappa shape index (κ3) is 2.14. The van der Waals surface area contributed by atoms with Gasteiger partial charge in [-0.3, -0.25) is 0 Å². The predicted molar refractivity (Wildman–Crippen MR) is 79.9 cm³/mol. The summed E-state index contributed by atoms with van der Waals surface area (Å²) in [5, 5.41) is 0. The summed E-state index contributed by atoms with van der Waals surface area (Å²) in [6, 6.07) is 17.0. The predicted octanol–water partition coefficient (Wildman–Crippen LogP) is 4.34. The molecule has 1 aliphatic rings. The first-order valence-electron chi connectivity index (χ1n) is 7.29. The largest absolute Gasteiger partial charge is 0.323 e. The van der Waals surface area contributed by atoms with Crippen LogP contribution in [0.25, 0.3) is 0 Å². The third-order valence-electron chi connectivity index (χ3n) is 4.68. The van der Waals surface area contributed by atoms with E-state index in [1.165, 1.54) is 11.6 Å². The topological polar surface area (TPSA) is 26.0 Å². The molecule has 3 rings (SSSR count). The first kappa shape index (κ1) is 13.3. The lowest BCUT2D eigenvalue weighted by Crippen LogP contribution is -2.36. The van der Waals surface area contributed by atoms with Crippen molar-refractivity contribution < 1.29 is 4.39 Å². The maximum atomic E-state index is 14.1. The first-order valence-corrected chi connectivity index (χ1v) is 7.29. The zero-order valence-corrected chi connectivity index (χ0v) is 11.6. The SMILES string of the molecule is NC(c1ccccc1F)C1(c2ccccc2)CCCC1. The molecule has 1 aliphatic carbocycles. The van der Waals surface area contributed by atoms with Gasteiger partial charge in [-0.05, 0) is 24.5 Å². The Morgan fingerprint density at radius 1 is 0.900 bits per heavy atom. The molecule has 1 saturated carbocycles. The molecule has 20 heavy (non-hydrogen) atoms. The summed E-state index contributed by atoms with van der Waals surface area (Å²) in [6.45, 7) is 0. The van der Waals surface area contributed by atoms with Crippen molar-refractivity contribution in [2.24, 2.45) is 5.73 Å². The lowest BCUT2D eigenvalue weighted by atomic mass is 9.70. The van der Waals surface area contributed by atoms with Crippen molar-refractivity contribution in [1.29, 1.82) is 0 Å². The van der Waals surface area contributed by atoms with Gasteiger partial charge in [0.05, 0.1) is 0 Å². The first-order chi connectivity index (χ1) is 9.74. The van der Waals surface area contributed by atoms with Crippen LogP contribution in [0.15, 0.2) is 54.6 Å². The summed E-state index contributed by atoms with van der Waals surface area (Å²) >= 11 is 0. The van der Waals surface area contributed by atoms with Crippen LogP contribution in [0.5, 0.6) is 0 Å². The van der Waals surface area contributed by atoms with Crippen LogP contribution >= 0.6 is 0 Å². The van der Waals surface area contributed by atoms with Crippen LogP contribution < -0.4 is 5.73 Å². The smallest absolute Gasteiger partial charge is 0.128 e. The molecule has 1 unspecified atom stereocenters. The minimum Gasteiger partial charge on any atom is -0.323 e. The Labute approximate surface area is 119 Å². The van der Waals surface area contributed by atoms with E-state index in [0.29, 0.717) is 5.56 Å². The van der Waals surface area contributed by atoms with Gasteiger partial charge in [-0.25, -0.2) is 4.39 Å². The van der Waals surface area contributed by atoms with Crippen LogP contribution in [0.3, 0.4) is 0 Å². The molecule has 2 N–H and O–H groups in total. The van der Waals surface area contributed by atoms with Crippen LogP contribution in [0, 0.1) is 5.82 Å². The van der Waals surface area contributed by atoms with E-state index in [2.05, 4.69) is 12.1 Å². The summed E-state index contributed by atoms with van der Waals surface area (Å²) in [5.41, 5.74) is 8.29. The molecule has 0 aromatic heterocycles. The third-order valence-corrected chi connectivity index (χ3v) is 4.68. The van der Waals surface area contributed by atoms with Crippen molar-refractivity contribution in [2.45, 2.75) is 37.1 Å². The number of halogens is 1. The van der Waals surface area contributed by atoms with Crippen LogP contribution in [0.4, 0.5) is 4.39 Å². The summed E-state index contributed by atoms with van der Waals surface area (Å²) in [6.07, 6.45) is 4.40. The molecule has 1 nitrogen and oxygen atoms in total. The molecule has 104 valence electrons. The summed E-state index contributed by atoms with van der Waals surface area (Å²) < 4.78 is 14.1. The molecule has 0 amide bonds. The highest BCUT2D eigenvalue weighted by Gasteiger charge is 2.42. The van der Waals surface area contributed by atoms with Crippen LogP contribution in [-0.4, -0.2) is 0 Å². The zero-order chi connectivity index (χ0) is 14.0. The Hall–Kier alpha value is -1.67. The van der Waals surface area contributed by atoms with Crippen molar-refractivity contribution in [3.63, 3.8) is 0 Å². The maximum Gasteiger partial charge on any atom is 0.128 e. The van der Waals surface area contributed by atoms with Crippen molar-refractivity contribution in [3.05, 3.63) is 71.5 Å². The van der Waals surface area contributed by atoms with E-state index in [1.54, 1.807) is 6.07 Å². The van der Waals surface area contributed by atoms with Gasteiger partial charge in [0.1, 0.15) is 5.82 Å². The molecule has 0 saturated heterocycles. The number of hydrogen-bond donors (Lipinski definition) is 1. The average Bonchev–Trinajstić information content (AvgIpc) is 2.99. The molecule has 0 heterocycles. The number of benzene rings is 2. The standard InChI is InChI=1S/C18H20FN/c19-16-11-5-4-10-15(16)17(20)18(12-6-7-13-18)14-8-2-1-3-9-14/h1-5,8-11,17H,6-7,12-13,20H2. The van der Waals surface area contributed by atoms with Crippen LogP contribution in [0.1, 0.15) is 42.9 Å². The molecule has 2 aromatic carbocycles. The number of hydrogen-bond acceptors (Lipinski definition) is 1. The molecular weight excluding hydrogens is 249 g/mol. The Bertz CT molecular complexity index is 573. The molecule has 1 fully saturated rings. The molecular formula is C18H20FN. The van der Waals surface area contributed by atoms with Gasteiger partial charge in [0.2, 0.25) is 0 Å². The van der Waals surface area contributed by atoms with Crippen LogP contribution in [-0.2, 0) is 5.41 Å². The minimum absolute atomic E-state index is 0.122.